The van der Waals surface area contributed by atoms with Gasteiger partial charge in [-0.2, -0.15) is 0 Å². The Morgan fingerprint density at radius 2 is 2.04 bits per heavy atom. The zero-order valence-corrected chi connectivity index (χ0v) is 15.0. The van der Waals surface area contributed by atoms with Crippen molar-refractivity contribution in [1.82, 2.24) is 9.80 Å². The van der Waals surface area contributed by atoms with Crippen molar-refractivity contribution in [3.8, 4) is 0 Å². The Labute approximate surface area is 153 Å². The molecular formula is C19H24ClN3O2. The molecule has 2 aliphatic rings. The number of benzene rings is 1. The lowest BCUT2D eigenvalue weighted by molar-refractivity contribution is -0.136. The van der Waals surface area contributed by atoms with Crippen molar-refractivity contribution in [1.29, 1.82) is 0 Å². The van der Waals surface area contributed by atoms with Crippen LogP contribution in [0.25, 0.3) is 0 Å². The Morgan fingerprint density at radius 1 is 1.24 bits per heavy atom. The lowest BCUT2D eigenvalue weighted by Crippen LogP contribution is -2.47. The molecule has 6 heteroatoms. The molecule has 0 aromatic heterocycles. The normalized spacial score (nSPS) is 24.7. The second kappa shape index (κ2) is 8.39. The highest BCUT2D eigenvalue weighted by molar-refractivity contribution is 6.17. The fourth-order valence-corrected chi connectivity index (χ4v) is 3.78. The number of unbranched alkanes of at least 4 members (excludes halogenated alkanes) is 1. The van der Waals surface area contributed by atoms with E-state index in [0.717, 1.165) is 24.9 Å². The van der Waals surface area contributed by atoms with E-state index in [1.807, 2.05) is 47.5 Å². The molecule has 0 saturated carbocycles. The Morgan fingerprint density at radius 3 is 2.76 bits per heavy atom. The Hall–Kier alpha value is -2.01. The van der Waals surface area contributed by atoms with Gasteiger partial charge in [0.2, 0.25) is 5.91 Å². The van der Waals surface area contributed by atoms with Crippen LogP contribution in [0.2, 0.25) is 0 Å². The number of amides is 1. The molecule has 2 atom stereocenters. The minimum atomic E-state index is -0.313. The van der Waals surface area contributed by atoms with Crippen molar-refractivity contribution >= 4 is 23.2 Å². The largest absolute Gasteiger partial charge is 0.411 e. The fraction of sp³-hybridized carbons (Fsp3) is 0.474. The van der Waals surface area contributed by atoms with Crippen LogP contribution in [0.1, 0.15) is 24.8 Å². The van der Waals surface area contributed by atoms with Crippen LogP contribution in [0, 0.1) is 5.92 Å². The number of nitrogens with zero attached hydrogens (tertiary/aromatic N) is 3. The number of carbonyl (C=O) groups excluding carboxylic acids is 1. The summed E-state index contributed by atoms with van der Waals surface area (Å²) in [6.07, 6.45) is 6.42. The highest BCUT2D eigenvalue weighted by atomic mass is 35.5. The fourth-order valence-electron chi connectivity index (χ4n) is 3.59. The highest BCUT2D eigenvalue weighted by Crippen LogP contribution is 2.29. The van der Waals surface area contributed by atoms with Gasteiger partial charge >= 0.3 is 0 Å². The summed E-state index contributed by atoms with van der Waals surface area (Å²) in [7, 11) is 0. The summed E-state index contributed by atoms with van der Waals surface area (Å²) in [5, 5.41) is 12.9. The van der Waals surface area contributed by atoms with Crippen molar-refractivity contribution in [3.63, 3.8) is 0 Å². The zero-order chi connectivity index (χ0) is 17.6. The zero-order valence-electron chi connectivity index (χ0n) is 14.2. The van der Waals surface area contributed by atoms with Crippen LogP contribution < -0.4 is 0 Å². The smallest absolute Gasteiger partial charge is 0.246 e. The molecule has 2 heterocycles. The average Bonchev–Trinajstić information content (AvgIpc) is 3.00. The molecule has 0 bridgehead atoms. The molecule has 134 valence electrons. The molecule has 0 radical (unpaired) electrons. The quantitative estimate of drug-likeness (QED) is 0.366. The third-order valence-corrected chi connectivity index (χ3v) is 5.18. The van der Waals surface area contributed by atoms with Crippen LogP contribution in [0.4, 0.5) is 0 Å². The Balaban J connectivity index is 1.79. The maximum Gasteiger partial charge on any atom is 0.246 e. The van der Waals surface area contributed by atoms with E-state index in [1.165, 1.54) is 0 Å². The van der Waals surface area contributed by atoms with Gasteiger partial charge in [0.1, 0.15) is 6.04 Å². The predicted octanol–water partition coefficient (Wildman–Crippen LogP) is 3.08. The summed E-state index contributed by atoms with van der Waals surface area (Å²) in [5.41, 5.74) is 1.79. The van der Waals surface area contributed by atoms with Crippen molar-refractivity contribution in [2.45, 2.75) is 31.8 Å². The topological polar surface area (TPSA) is 56.1 Å². The van der Waals surface area contributed by atoms with E-state index < -0.39 is 0 Å². The number of hydrogen-bond acceptors (Lipinski definition) is 4. The summed E-state index contributed by atoms with van der Waals surface area (Å²) in [4.78, 5) is 17.2. The number of fused-ring (bicyclic) bond motifs is 1. The number of likely N-dealkylation sites (tertiary alicyclic amines) is 1. The van der Waals surface area contributed by atoms with Crippen molar-refractivity contribution < 1.29 is 10.0 Å². The Bertz CT molecular complexity index is 647. The third kappa shape index (κ3) is 3.98. The van der Waals surface area contributed by atoms with Gasteiger partial charge in [-0.15, -0.1) is 11.6 Å². The summed E-state index contributed by atoms with van der Waals surface area (Å²) >= 11 is 5.77. The van der Waals surface area contributed by atoms with Gasteiger partial charge in [-0.1, -0.05) is 41.6 Å². The molecule has 0 aliphatic carbocycles. The van der Waals surface area contributed by atoms with Crippen molar-refractivity contribution in [3.05, 3.63) is 48.2 Å². The van der Waals surface area contributed by atoms with Gasteiger partial charge in [0.05, 0.1) is 5.71 Å². The molecule has 3 rings (SSSR count). The van der Waals surface area contributed by atoms with E-state index in [-0.39, 0.29) is 17.9 Å². The maximum atomic E-state index is 13.2. The summed E-state index contributed by atoms with van der Waals surface area (Å²) < 4.78 is 0. The number of oxime groups is 1. The third-order valence-electron chi connectivity index (χ3n) is 4.91. The number of carbonyl (C=O) groups is 1. The van der Waals surface area contributed by atoms with Crippen molar-refractivity contribution in [2.75, 3.05) is 19.0 Å². The Kier molecular flexibility index (Phi) is 5.97. The summed E-state index contributed by atoms with van der Waals surface area (Å²) in [6, 6.07) is 9.68. The lowest BCUT2D eigenvalue weighted by Gasteiger charge is -2.31. The van der Waals surface area contributed by atoms with E-state index in [9.17, 15) is 10.0 Å². The van der Waals surface area contributed by atoms with E-state index in [1.54, 1.807) is 0 Å². The van der Waals surface area contributed by atoms with Gasteiger partial charge in [0.25, 0.3) is 0 Å². The lowest BCUT2D eigenvalue weighted by atomic mass is 9.95. The molecule has 0 spiro atoms. The van der Waals surface area contributed by atoms with Gasteiger partial charge in [-0.3, -0.25) is 4.79 Å². The van der Waals surface area contributed by atoms with Crippen LogP contribution >= 0.6 is 11.6 Å². The molecule has 1 aromatic rings. The summed E-state index contributed by atoms with van der Waals surface area (Å²) in [6.45, 7) is 1.94. The maximum absolute atomic E-state index is 13.2. The van der Waals surface area contributed by atoms with Crippen LogP contribution in [0.3, 0.4) is 0 Å². The standard InChI is InChI=1S/C19H24ClN3O2/c20-10-4-5-11-22-12-8-16-17(21-25)9-13-23(19(24)18(16)22)14-15-6-2-1-3-7-15/h1-3,6-8,12,16,18,25H,4-5,9-11,13-14H2/b21-17-. The number of hydrogen-bond donors (Lipinski definition) is 1. The van der Waals surface area contributed by atoms with Crippen LogP contribution in [-0.2, 0) is 11.3 Å². The second-order valence-corrected chi connectivity index (χ2v) is 6.91. The molecule has 2 aliphatic heterocycles. The van der Waals surface area contributed by atoms with Crippen LogP contribution in [-0.4, -0.2) is 51.6 Å². The minimum Gasteiger partial charge on any atom is -0.411 e. The molecule has 2 unspecified atom stereocenters. The molecule has 1 fully saturated rings. The first-order valence-electron chi connectivity index (χ1n) is 8.78. The van der Waals surface area contributed by atoms with Gasteiger partial charge in [-0.25, -0.2) is 0 Å². The molecule has 1 saturated heterocycles. The SMILES string of the molecule is O=C1C2C(C=CN2CCCCCl)/C(=N\O)CCN1Cc1ccccc1. The molecular weight excluding hydrogens is 338 g/mol. The van der Waals surface area contributed by atoms with E-state index in [2.05, 4.69) is 10.1 Å². The van der Waals surface area contributed by atoms with E-state index in [4.69, 9.17) is 11.6 Å². The molecule has 1 N–H and O–H groups in total. The predicted molar refractivity (Wildman–Crippen MR) is 98.8 cm³/mol. The monoisotopic (exact) mass is 361 g/mol. The number of rotatable bonds is 6. The van der Waals surface area contributed by atoms with Crippen molar-refractivity contribution in [2.24, 2.45) is 11.1 Å². The number of halogens is 1. The summed E-state index contributed by atoms with van der Waals surface area (Å²) in [5.74, 6) is 0.584. The first-order chi connectivity index (χ1) is 12.2. The highest BCUT2D eigenvalue weighted by Gasteiger charge is 2.42. The second-order valence-electron chi connectivity index (χ2n) is 6.53. The van der Waals surface area contributed by atoms with Gasteiger partial charge in [-0.05, 0) is 24.6 Å². The van der Waals surface area contributed by atoms with Crippen LogP contribution in [0.15, 0.2) is 47.8 Å². The first-order valence-corrected chi connectivity index (χ1v) is 9.31. The number of alkyl halides is 1. The van der Waals surface area contributed by atoms with Gasteiger partial charge < -0.3 is 15.0 Å². The molecule has 1 amide bonds. The van der Waals surface area contributed by atoms with E-state index in [0.29, 0.717) is 31.1 Å². The van der Waals surface area contributed by atoms with Gasteiger partial charge in [0.15, 0.2) is 0 Å². The average molecular weight is 362 g/mol. The van der Waals surface area contributed by atoms with Crippen LogP contribution in [0.5, 0.6) is 0 Å². The van der Waals surface area contributed by atoms with E-state index >= 15 is 0 Å². The minimum absolute atomic E-state index is 0.100. The molecule has 5 nitrogen and oxygen atoms in total. The van der Waals surface area contributed by atoms with Gasteiger partial charge in [0, 0.05) is 37.9 Å². The molecule has 25 heavy (non-hydrogen) atoms. The first kappa shape index (κ1) is 17.8. The molecule has 1 aromatic carbocycles.